The van der Waals surface area contributed by atoms with E-state index >= 15 is 0 Å². The summed E-state index contributed by atoms with van der Waals surface area (Å²) in [6, 6.07) is 6.03. The number of anilines is 1. The van der Waals surface area contributed by atoms with Gasteiger partial charge in [0.25, 0.3) is 0 Å². The number of rotatable bonds is 6. The van der Waals surface area contributed by atoms with Gasteiger partial charge in [0.05, 0.1) is 0 Å². The molecule has 21 heavy (non-hydrogen) atoms. The Morgan fingerprint density at radius 2 is 2.05 bits per heavy atom. The van der Waals surface area contributed by atoms with Crippen LogP contribution in [0.4, 0.5) is 10.5 Å². The fourth-order valence-corrected chi connectivity index (χ4v) is 1.41. The number of nitrogens with one attached hydrogen (secondary N) is 2. The Morgan fingerprint density at radius 1 is 1.38 bits per heavy atom. The number of carbonyl (C=O) groups excluding carboxylic acids is 2. The topological polar surface area (TPSA) is 116 Å². The van der Waals surface area contributed by atoms with Crippen LogP contribution < -0.4 is 10.6 Å². The summed E-state index contributed by atoms with van der Waals surface area (Å²) in [5.74, 6) is -0.390. The second-order valence-electron chi connectivity index (χ2n) is 4.17. The SMILES string of the molecule is CCNC(=O)OCc1ccc(NC(=O)[C@H](C)N=[N+]=[N-])cc1. The van der Waals surface area contributed by atoms with Gasteiger partial charge >= 0.3 is 6.09 Å². The highest BCUT2D eigenvalue weighted by atomic mass is 16.5. The maximum Gasteiger partial charge on any atom is 0.407 e. The third kappa shape index (κ3) is 5.84. The summed E-state index contributed by atoms with van der Waals surface area (Å²) < 4.78 is 4.97. The molecule has 1 aromatic carbocycles. The summed E-state index contributed by atoms with van der Waals surface area (Å²) in [4.78, 5) is 25.3. The third-order valence-electron chi connectivity index (χ3n) is 2.52. The molecule has 8 heteroatoms. The molecular weight excluding hydrogens is 274 g/mol. The Kier molecular flexibility index (Phi) is 6.56. The van der Waals surface area contributed by atoms with Crippen molar-refractivity contribution in [3.63, 3.8) is 0 Å². The first kappa shape index (κ1) is 16.3. The molecule has 0 unspecified atom stereocenters. The summed E-state index contributed by atoms with van der Waals surface area (Å²) in [7, 11) is 0. The second kappa shape index (κ2) is 8.44. The van der Waals surface area contributed by atoms with Gasteiger partial charge in [0.1, 0.15) is 12.6 Å². The molecule has 1 rings (SSSR count). The average Bonchev–Trinajstić information content (AvgIpc) is 2.47. The summed E-state index contributed by atoms with van der Waals surface area (Å²) in [5, 5.41) is 8.44. The maximum absolute atomic E-state index is 11.6. The fourth-order valence-electron chi connectivity index (χ4n) is 1.41. The summed E-state index contributed by atoms with van der Waals surface area (Å²) in [6.07, 6.45) is -0.474. The number of amides is 2. The highest BCUT2D eigenvalue weighted by Gasteiger charge is 2.10. The lowest BCUT2D eigenvalue weighted by Gasteiger charge is -2.09. The smallest absolute Gasteiger partial charge is 0.407 e. The van der Waals surface area contributed by atoms with Gasteiger partial charge in [-0.2, -0.15) is 0 Å². The number of carbonyl (C=O) groups is 2. The second-order valence-corrected chi connectivity index (χ2v) is 4.17. The van der Waals surface area contributed by atoms with Crippen LogP contribution in [0.5, 0.6) is 0 Å². The number of nitrogens with zero attached hydrogens (tertiary/aromatic N) is 3. The highest BCUT2D eigenvalue weighted by molar-refractivity contribution is 5.94. The largest absolute Gasteiger partial charge is 0.445 e. The van der Waals surface area contributed by atoms with Crippen LogP contribution in [0.1, 0.15) is 19.4 Å². The monoisotopic (exact) mass is 291 g/mol. The van der Waals surface area contributed by atoms with Crippen LogP contribution in [-0.2, 0) is 16.1 Å². The molecule has 0 saturated heterocycles. The van der Waals surface area contributed by atoms with Crippen molar-refractivity contribution in [2.45, 2.75) is 26.5 Å². The molecule has 0 aliphatic rings. The van der Waals surface area contributed by atoms with E-state index in [0.29, 0.717) is 12.2 Å². The van der Waals surface area contributed by atoms with Crippen molar-refractivity contribution in [1.82, 2.24) is 5.32 Å². The molecule has 8 nitrogen and oxygen atoms in total. The standard InChI is InChI=1S/C13H17N5O3/c1-3-15-13(20)21-8-10-4-6-11(7-5-10)16-12(19)9(2)17-18-14/h4-7,9H,3,8H2,1-2H3,(H,15,20)(H,16,19)/t9-/m0/s1. The minimum Gasteiger partial charge on any atom is -0.445 e. The van der Waals surface area contributed by atoms with Crippen LogP contribution in [0.15, 0.2) is 29.4 Å². The van der Waals surface area contributed by atoms with Gasteiger partial charge in [-0.25, -0.2) is 4.79 Å². The molecule has 1 atom stereocenters. The van der Waals surface area contributed by atoms with Crippen LogP contribution in [-0.4, -0.2) is 24.6 Å². The lowest BCUT2D eigenvalue weighted by atomic mass is 10.2. The average molecular weight is 291 g/mol. The molecule has 0 aliphatic heterocycles. The highest BCUT2D eigenvalue weighted by Crippen LogP contribution is 2.11. The molecule has 0 heterocycles. The number of hydrogen-bond acceptors (Lipinski definition) is 4. The van der Waals surface area contributed by atoms with E-state index in [-0.39, 0.29) is 12.5 Å². The van der Waals surface area contributed by atoms with Crippen LogP contribution in [0.3, 0.4) is 0 Å². The van der Waals surface area contributed by atoms with Gasteiger partial charge in [0.15, 0.2) is 0 Å². The van der Waals surface area contributed by atoms with Crippen LogP contribution >= 0.6 is 0 Å². The van der Waals surface area contributed by atoms with Gasteiger partial charge in [-0.05, 0) is 37.1 Å². The maximum atomic E-state index is 11.6. The first-order valence-electron chi connectivity index (χ1n) is 6.41. The van der Waals surface area contributed by atoms with Crippen molar-refractivity contribution >= 4 is 17.7 Å². The number of azide groups is 1. The zero-order valence-corrected chi connectivity index (χ0v) is 11.9. The van der Waals surface area contributed by atoms with E-state index in [1.165, 1.54) is 6.92 Å². The molecule has 0 spiro atoms. The minimum absolute atomic E-state index is 0.148. The van der Waals surface area contributed by atoms with Crippen molar-refractivity contribution in [2.75, 3.05) is 11.9 Å². The van der Waals surface area contributed by atoms with Crippen LogP contribution in [0, 0.1) is 0 Å². The molecule has 2 N–H and O–H groups in total. The number of hydrogen-bond donors (Lipinski definition) is 2. The van der Waals surface area contributed by atoms with Crippen molar-refractivity contribution in [3.8, 4) is 0 Å². The molecule has 0 fully saturated rings. The fraction of sp³-hybridized carbons (Fsp3) is 0.385. The van der Waals surface area contributed by atoms with Crippen molar-refractivity contribution in [1.29, 1.82) is 0 Å². The molecule has 0 bridgehead atoms. The summed E-state index contributed by atoms with van der Waals surface area (Å²) >= 11 is 0. The van der Waals surface area contributed by atoms with Crippen molar-refractivity contribution < 1.29 is 14.3 Å². The van der Waals surface area contributed by atoms with Crippen LogP contribution in [0.2, 0.25) is 0 Å². The number of ether oxygens (including phenoxy) is 1. The predicted molar refractivity (Wildman–Crippen MR) is 77.5 cm³/mol. The Hall–Kier alpha value is -2.73. The van der Waals surface area contributed by atoms with E-state index in [4.69, 9.17) is 10.3 Å². The first-order valence-corrected chi connectivity index (χ1v) is 6.41. The van der Waals surface area contributed by atoms with Crippen LogP contribution in [0.25, 0.3) is 10.4 Å². The van der Waals surface area contributed by atoms with Crippen molar-refractivity contribution in [3.05, 3.63) is 40.3 Å². The van der Waals surface area contributed by atoms with E-state index < -0.39 is 12.1 Å². The Labute approximate surface area is 122 Å². The van der Waals surface area contributed by atoms with Gasteiger partial charge in [0.2, 0.25) is 5.91 Å². The minimum atomic E-state index is -0.782. The van der Waals surface area contributed by atoms with Gasteiger partial charge in [0, 0.05) is 17.1 Å². The quantitative estimate of drug-likeness (QED) is 0.476. The zero-order valence-electron chi connectivity index (χ0n) is 11.9. The molecule has 0 radical (unpaired) electrons. The first-order chi connectivity index (χ1) is 10.1. The van der Waals surface area contributed by atoms with Gasteiger partial charge < -0.3 is 15.4 Å². The molecule has 1 aromatic rings. The zero-order chi connectivity index (χ0) is 15.7. The molecule has 0 aliphatic carbocycles. The van der Waals surface area contributed by atoms with Crippen molar-refractivity contribution in [2.24, 2.45) is 5.11 Å². The lowest BCUT2D eigenvalue weighted by Crippen LogP contribution is -2.23. The number of alkyl carbamates (subject to hydrolysis) is 1. The summed E-state index contributed by atoms with van der Waals surface area (Å²) in [5.41, 5.74) is 9.63. The van der Waals surface area contributed by atoms with Gasteiger partial charge in [-0.1, -0.05) is 17.2 Å². The Morgan fingerprint density at radius 3 is 2.62 bits per heavy atom. The Balaban J connectivity index is 2.52. The van der Waals surface area contributed by atoms with Gasteiger partial charge in [-0.3, -0.25) is 4.79 Å². The van der Waals surface area contributed by atoms with E-state index in [1.807, 2.05) is 0 Å². The van der Waals surface area contributed by atoms with E-state index in [1.54, 1.807) is 31.2 Å². The van der Waals surface area contributed by atoms with Gasteiger partial charge in [-0.15, -0.1) is 0 Å². The third-order valence-corrected chi connectivity index (χ3v) is 2.52. The molecule has 0 aromatic heterocycles. The van der Waals surface area contributed by atoms with E-state index in [9.17, 15) is 9.59 Å². The van der Waals surface area contributed by atoms with E-state index in [0.717, 1.165) is 5.56 Å². The van der Waals surface area contributed by atoms with E-state index in [2.05, 4.69) is 20.7 Å². The summed E-state index contributed by atoms with van der Waals surface area (Å²) in [6.45, 7) is 3.96. The number of benzene rings is 1. The molecular formula is C13H17N5O3. The molecule has 2 amide bonds. The lowest BCUT2D eigenvalue weighted by molar-refractivity contribution is -0.117. The Bertz CT molecular complexity index is 537. The molecule has 112 valence electrons. The normalized spacial score (nSPS) is 11.0. The molecule has 0 saturated carbocycles. The predicted octanol–water partition coefficient (Wildman–Crippen LogP) is 2.57.